The summed E-state index contributed by atoms with van der Waals surface area (Å²) < 4.78 is 5.79. The largest absolute Gasteiger partial charge is 0.473 e. The van der Waals surface area contributed by atoms with E-state index in [1.807, 2.05) is 13.0 Å². The second-order valence-corrected chi connectivity index (χ2v) is 5.54. The number of hydrogen-bond donors (Lipinski definition) is 1. The molecule has 1 N–H and O–H groups in total. The molecule has 120 valence electrons. The number of hydrogen-bond acceptors (Lipinski definition) is 5. The Labute approximate surface area is 133 Å². The van der Waals surface area contributed by atoms with E-state index in [4.69, 9.17) is 4.74 Å². The van der Waals surface area contributed by atoms with Crippen LogP contribution < -0.4 is 10.3 Å². The number of carbonyl (C=O) groups excluding carboxylic acids is 1. The van der Waals surface area contributed by atoms with Gasteiger partial charge in [0, 0.05) is 38.2 Å². The quantitative estimate of drug-likeness (QED) is 0.918. The summed E-state index contributed by atoms with van der Waals surface area (Å²) in [5, 5.41) is 7.95. The number of ether oxygens (including phenoxy) is 1. The van der Waals surface area contributed by atoms with Crippen LogP contribution >= 0.6 is 0 Å². The van der Waals surface area contributed by atoms with Crippen LogP contribution in [0.15, 0.2) is 35.3 Å². The number of H-pyrrole nitrogens is 1. The summed E-state index contributed by atoms with van der Waals surface area (Å²) in [6.07, 6.45) is 2.92. The van der Waals surface area contributed by atoms with E-state index in [2.05, 4.69) is 15.2 Å². The highest BCUT2D eigenvalue weighted by molar-refractivity contribution is 5.93. The van der Waals surface area contributed by atoms with E-state index < -0.39 is 0 Å². The topological polar surface area (TPSA) is 88.2 Å². The van der Waals surface area contributed by atoms with Crippen molar-refractivity contribution in [2.24, 2.45) is 0 Å². The van der Waals surface area contributed by atoms with E-state index in [9.17, 15) is 9.59 Å². The Morgan fingerprint density at radius 2 is 2.04 bits per heavy atom. The summed E-state index contributed by atoms with van der Waals surface area (Å²) in [5.74, 6) is 0.264. The summed E-state index contributed by atoms with van der Waals surface area (Å²) >= 11 is 0. The predicted molar refractivity (Wildman–Crippen MR) is 83.4 cm³/mol. The van der Waals surface area contributed by atoms with Gasteiger partial charge in [0.1, 0.15) is 11.7 Å². The first kappa shape index (κ1) is 15.2. The summed E-state index contributed by atoms with van der Waals surface area (Å²) in [7, 11) is 0. The van der Waals surface area contributed by atoms with Crippen LogP contribution in [0.4, 0.5) is 0 Å². The van der Waals surface area contributed by atoms with Crippen LogP contribution in [0.5, 0.6) is 5.88 Å². The molecule has 1 aliphatic rings. The van der Waals surface area contributed by atoms with Gasteiger partial charge in [-0.05, 0) is 25.1 Å². The molecule has 2 aromatic rings. The molecule has 0 radical (unpaired) electrons. The Balaban J connectivity index is 1.58. The van der Waals surface area contributed by atoms with Gasteiger partial charge in [-0.15, -0.1) is 5.10 Å². The van der Waals surface area contributed by atoms with Crippen molar-refractivity contribution in [2.75, 3.05) is 13.1 Å². The summed E-state index contributed by atoms with van der Waals surface area (Å²) in [5.41, 5.74) is 0.660. The highest BCUT2D eigenvalue weighted by Gasteiger charge is 2.26. The van der Waals surface area contributed by atoms with E-state index >= 15 is 0 Å². The molecule has 1 aliphatic heterocycles. The van der Waals surface area contributed by atoms with Crippen LogP contribution in [0, 0.1) is 6.92 Å². The molecular formula is C16H18N4O3. The summed E-state index contributed by atoms with van der Waals surface area (Å²) in [6.45, 7) is 2.97. The normalized spacial score (nSPS) is 15.4. The number of nitrogens with one attached hydrogen (secondary N) is 1. The molecule has 0 bridgehead atoms. The minimum absolute atomic E-state index is 0.00474. The van der Waals surface area contributed by atoms with Crippen LogP contribution in [0.3, 0.4) is 0 Å². The van der Waals surface area contributed by atoms with Gasteiger partial charge >= 0.3 is 0 Å². The average molecular weight is 314 g/mol. The van der Waals surface area contributed by atoms with Crippen LogP contribution in [0.1, 0.15) is 28.9 Å². The highest BCUT2D eigenvalue weighted by Crippen LogP contribution is 2.17. The molecule has 0 aliphatic carbocycles. The van der Waals surface area contributed by atoms with E-state index in [1.165, 1.54) is 6.20 Å². The lowest BCUT2D eigenvalue weighted by atomic mass is 10.1. The average Bonchev–Trinajstić information content (AvgIpc) is 2.57. The van der Waals surface area contributed by atoms with Crippen molar-refractivity contribution in [1.29, 1.82) is 0 Å². The maximum absolute atomic E-state index is 12.4. The molecule has 0 unspecified atom stereocenters. The van der Waals surface area contributed by atoms with E-state index in [1.54, 1.807) is 23.1 Å². The zero-order chi connectivity index (χ0) is 16.2. The number of rotatable bonds is 3. The standard InChI is InChI=1S/C16H18N4O3/c1-11-4-5-14(19-18-11)23-12-6-9-20(10-7-12)16(22)13-3-2-8-17-15(13)21/h2-5,8,12H,6-7,9-10H2,1H3,(H,17,21). The number of amides is 1. The number of aromatic amines is 1. The highest BCUT2D eigenvalue weighted by atomic mass is 16.5. The molecule has 1 fully saturated rings. The Kier molecular flexibility index (Phi) is 4.36. The van der Waals surface area contributed by atoms with Crippen LogP contribution in [0.2, 0.25) is 0 Å². The van der Waals surface area contributed by atoms with Gasteiger partial charge in [-0.3, -0.25) is 9.59 Å². The van der Waals surface area contributed by atoms with Crippen LogP contribution in [-0.4, -0.2) is 45.2 Å². The first-order chi connectivity index (χ1) is 11.1. The number of likely N-dealkylation sites (tertiary alicyclic amines) is 1. The molecule has 0 spiro atoms. The maximum atomic E-state index is 12.4. The minimum Gasteiger partial charge on any atom is -0.473 e. The summed E-state index contributed by atoms with van der Waals surface area (Å²) in [6, 6.07) is 6.85. The molecule has 23 heavy (non-hydrogen) atoms. The lowest BCUT2D eigenvalue weighted by molar-refractivity contribution is 0.0584. The number of piperidine rings is 1. The molecule has 2 aromatic heterocycles. The molecule has 7 nitrogen and oxygen atoms in total. The third-order valence-corrected chi connectivity index (χ3v) is 3.84. The van der Waals surface area contributed by atoms with Crippen molar-refractivity contribution < 1.29 is 9.53 Å². The molecule has 1 saturated heterocycles. The second kappa shape index (κ2) is 6.60. The molecule has 3 rings (SSSR count). The SMILES string of the molecule is Cc1ccc(OC2CCN(C(=O)c3ccc[nH]c3=O)CC2)nn1. The zero-order valence-corrected chi connectivity index (χ0v) is 12.9. The Hall–Kier alpha value is -2.70. The van der Waals surface area contributed by atoms with E-state index in [0.717, 1.165) is 5.69 Å². The molecule has 3 heterocycles. The second-order valence-electron chi connectivity index (χ2n) is 5.54. The smallest absolute Gasteiger partial charge is 0.260 e. The first-order valence-electron chi connectivity index (χ1n) is 7.57. The fraction of sp³-hybridized carbons (Fsp3) is 0.375. The maximum Gasteiger partial charge on any atom is 0.260 e. The molecule has 1 amide bonds. The molecule has 0 saturated carbocycles. The summed E-state index contributed by atoms with van der Waals surface area (Å²) in [4.78, 5) is 28.3. The van der Waals surface area contributed by atoms with Crippen molar-refractivity contribution in [2.45, 2.75) is 25.9 Å². The molecular weight excluding hydrogens is 296 g/mol. The molecule has 0 atom stereocenters. The number of aryl methyl sites for hydroxylation is 1. The van der Waals surface area contributed by atoms with Gasteiger partial charge in [0.05, 0.1) is 5.69 Å². The fourth-order valence-electron chi connectivity index (χ4n) is 2.56. The van der Waals surface area contributed by atoms with E-state index in [-0.39, 0.29) is 23.1 Å². The lowest BCUT2D eigenvalue weighted by Gasteiger charge is -2.31. The first-order valence-corrected chi connectivity index (χ1v) is 7.57. The number of carbonyl (C=O) groups is 1. The monoisotopic (exact) mass is 314 g/mol. The van der Waals surface area contributed by atoms with Crippen molar-refractivity contribution >= 4 is 5.91 Å². The predicted octanol–water partition coefficient (Wildman–Crippen LogP) is 1.16. The Morgan fingerprint density at radius 3 is 2.70 bits per heavy atom. The van der Waals surface area contributed by atoms with Gasteiger partial charge < -0.3 is 14.6 Å². The van der Waals surface area contributed by atoms with Gasteiger partial charge in [0.15, 0.2) is 0 Å². The Morgan fingerprint density at radius 1 is 1.26 bits per heavy atom. The molecule has 7 heteroatoms. The van der Waals surface area contributed by atoms with Gasteiger partial charge in [-0.25, -0.2) is 0 Å². The van der Waals surface area contributed by atoms with Gasteiger partial charge in [0.2, 0.25) is 5.88 Å². The third kappa shape index (κ3) is 3.56. The fourth-order valence-corrected chi connectivity index (χ4v) is 2.56. The number of aromatic nitrogens is 3. The third-order valence-electron chi connectivity index (χ3n) is 3.84. The van der Waals surface area contributed by atoms with Crippen LogP contribution in [0.25, 0.3) is 0 Å². The minimum atomic E-state index is -0.356. The molecule has 0 aromatic carbocycles. The number of pyridine rings is 1. The Bertz CT molecular complexity index is 733. The number of nitrogens with zero attached hydrogens (tertiary/aromatic N) is 3. The van der Waals surface area contributed by atoms with Gasteiger partial charge in [0.25, 0.3) is 11.5 Å². The van der Waals surface area contributed by atoms with Crippen molar-refractivity contribution in [3.63, 3.8) is 0 Å². The zero-order valence-electron chi connectivity index (χ0n) is 12.9. The van der Waals surface area contributed by atoms with Crippen molar-refractivity contribution in [3.8, 4) is 5.88 Å². The van der Waals surface area contributed by atoms with Gasteiger partial charge in [-0.1, -0.05) is 0 Å². The lowest BCUT2D eigenvalue weighted by Crippen LogP contribution is -2.43. The van der Waals surface area contributed by atoms with Crippen molar-refractivity contribution in [1.82, 2.24) is 20.1 Å². The van der Waals surface area contributed by atoms with E-state index in [0.29, 0.717) is 31.8 Å². The van der Waals surface area contributed by atoms with Crippen LogP contribution in [-0.2, 0) is 0 Å². The van der Waals surface area contributed by atoms with Gasteiger partial charge in [-0.2, -0.15) is 5.10 Å². The van der Waals surface area contributed by atoms with Crippen molar-refractivity contribution in [3.05, 3.63) is 52.1 Å².